The van der Waals surface area contributed by atoms with Crippen LogP contribution < -0.4 is 9.64 Å². The molecule has 1 N–H and O–H groups in total. The topological polar surface area (TPSA) is 119 Å². The zero-order chi connectivity index (χ0) is 32.0. The van der Waals surface area contributed by atoms with Gasteiger partial charge in [-0.3, -0.25) is 9.88 Å². The highest BCUT2D eigenvalue weighted by molar-refractivity contribution is 6.36. The summed E-state index contributed by atoms with van der Waals surface area (Å²) in [5.74, 6) is -4.28. The molecule has 0 aliphatic carbocycles. The first kappa shape index (κ1) is 30.5. The predicted octanol–water partition coefficient (Wildman–Crippen LogP) is 5.58. The maximum atomic E-state index is 16.5. The number of aromatic nitrogens is 3. The van der Waals surface area contributed by atoms with E-state index in [0.717, 1.165) is 4.90 Å². The van der Waals surface area contributed by atoms with Gasteiger partial charge in [0.2, 0.25) is 0 Å². The van der Waals surface area contributed by atoms with Crippen molar-refractivity contribution >= 4 is 45.2 Å². The number of rotatable bonds is 6. The molecule has 45 heavy (non-hydrogen) atoms. The first-order valence-corrected chi connectivity index (χ1v) is 14.4. The largest absolute Gasteiger partial charge is 0.465 e. The van der Waals surface area contributed by atoms with Gasteiger partial charge in [0.05, 0.1) is 35.5 Å². The Morgan fingerprint density at radius 1 is 1.20 bits per heavy atom. The molecular formula is C30H26ClF4N7O3. The van der Waals surface area contributed by atoms with Crippen molar-refractivity contribution in [2.24, 2.45) is 0 Å². The van der Waals surface area contributed by atoms with E-state index in [4.69, 9.17) is 16.3 Å². The van der Waals surface area contributed by atoms with E-state index in [9.17, 15) is 28.3 Å². The van der Waals surface area contributed by atoms with E-state index in [1.807, 2.05) is 6.07 Å². The molecule has 234 valence electrons. The molecule has 6 rings (SSSR count). The number of anilines is 1. The first-order valence-electron chi connectivity index (χ1n) is 14.0. The third kappa shape index (κ3) is 5.73. The third-order valence-corrected chi connectivity index (χ3v) is 8.60. The van der Waals surface area contributed by atoms with Gasteiger partial charge in [0, 0.05) is 49.2 Å². The van der Waals surface area contributed by atoms with Crippen molar-refractivity contribution in [2.45, 2.75) is 30.8 Å². The SMILES string of the molecule is CN1CC(F)(F)C[C@H]1COc1nc(N2CCN(C(=O)O)[C@@H](CC#N)C2)c2cnc(-c3cccc4ccc(F)c(Cl)c34)c(F)c2n1. The molecule has 15 heteroatoms. The molecule has 4 aromatic rings. The summed E-state index contributed by atoms with van der Waals surface area (Å²) in [5, 5.41) is 19.7. The average molecular weight is 644 g/mol. The molecule has 2 atom stereocenters. The fraction of sp³-hybridized carbons (Fsp3) is 0.367. The second-order valence-electron chi connectivity index (χ2n) is 11.2. The number of alkyl halides is 2. The monoisotopic (exact) mass is 643 g/mol. The lowest BCUT2D eigenvalue weighted by Gasteiger charge is -2.39. The summed E-state index contributed by atoms with van der Waals surface area (Å²) >= 11 is 6.31. The highest BCUT2D eigenvalue weighted by atomic mass is 35.5. The quantitative estimate of drug-likeness (QED) is 0.269. The van der Waals surface area contributed by atoms with Crippen LogP contribution in [0.3, 0.4) is 0 Å². The molecule has 0 unspecified atom stereocenters. The number of fused-ring (bicyclic) bond motifs is 2. The van der Waals surface area contributed by atoms with Crippen molar-refractivity contribution in [1.29, 1.82) is 5.26 Å². The van der Waals surface area contributed by atoms with Crippen molar-refractivity contribution < 1.29 is 32.2 Å². The van der Waals surface area contributed by atoms with Crippen molar-refractivity contribution in [1.82, 2.24) is 24.8 Å². The number of piperazine rings is 1. The van der Waals surface area contributed by atoms with E-state index in [-0.39, 0.29) is 77.1 Å². The Balaban J connectivity index is 1.46. The minimum Gasteiger partial charge on any atom is -0.465 e. The number of likely N-dealkylation sites (N-methyl/N-ethyl adjacent to an activating group) is 1. The van der Waals surface area contributed by atoms with Gasteiger partial charge in [0.25, 0.3) is 5.92 Å². The highest BCUT2D eigenvalue weighted by Gasteiger charge is 2.43. The Morgan fingerprint density at radius 2 is 2.00 bits per heavy atom. The minimum atomic E-state index is -2.89. The molecule has 0 saturated carbocycles. The number of ether oxygens (including phenoxy) is 1. The molecule has 0 bridgehead atoms. The summed E-state index contributed by atoms with van der Waals surface area (Å²) in [4.78, 5) is 29.3. The van der Waals surface area contributed by atoms with Crippen LogP contribution in [-0.4, -0.2) is 93.8 Å². The number of nitriles is 1. The van der Waals surface area contributed by atoms with Gasteiger partial charge in [-0.2, -0.15) is 15.2 Å². The van der Waals surface area contributed by atoms with Crippen LogP contribution in [0.15, 0.2) is 36.5 Å². The summed E-state index contributed by atoms with van der Waals surface area (Å²) in [5.41, 5.74) is -0.144. The molecule has 10 nitrogen and oxygen atoms in total. The maximum absolute atomic E-state index is 16.5. The Hall–Kier alpha value is -4.48. The van der Waals surface area contributed by atoms with Gasteiger partial charge in [0.1, 0.15) is 29.5 Å². The van der Waals surface area contributed by atoms with Crippen LogP contribution in [0.1, 0.15) is 12.8 Å². The van der Waals surface area contributed by atoms with Crippen LogP contribution in [0.4, 0.5) is 28.2 Å². The Morgan fingerprint density at radius 3 is 2.71 bits per heavy atom. The normalized spacial score (nSPS) is 20.1. The number of hydrogen-bond donors (Lipinski definition) is 1. The maximum Gasteiger partial charge on any atom is 0.407 e. The number of hydrogen-bond acceptors (Lipinski definition) is 8. The summed E-state index contributed by atoms with van der Waals surface area (Å²) in [6.45, 7) is -0.377. The lowest BCUT2D eigenvalue weighted by atomic mass is 10.0. The molecule has 2 saturated heterocycles. The lowest BCUT2D eigenvalue weighted by Crippen LogP contribution is -2.55. The van der Waals surface area contributed by atoms with Crippen LogP contribution in [-0.2, 0) is 0 Å². The van der Waals surface area contributed by atoms with Gasteiger partial charge in [-0.25, -0.2) is 22.4 Å². The fourth-order valence-electron chi connectivity index (χ4n) is 6.02. The number of likely N-dealkylation sites (tertiary alicyclic amines) is 1. The fourth-order valence-corrected chi connectivity index (χ4v) is 6.29. The van der Waals surface area contributed by atoms with Crippen molar-refractivity contribution in [3.63, 3.8) is 0 Å². The molecule has 2 aliphatic rings. The molecular weight excluding hydrogens is 618 g/mol. The van der Waals surface area contributed by atoms with Crippen LogP contribution in [0.25, 0.3) is 32.9 Å². The summed E-state index contributed by atoms with van der Waals surface area (Å²) in [6.07, 6.45) is -0.344. The molecule has 2 aliphatic heterocycles. The van der Waals surface area contributed by atoms with Gasteiger partial charge < -0.3 is 19.6 Å². The van der Waals surface area contributed by atoms with Crippen LogP contribution in [0.5, 0.6) is 6.01 Å². The Kier molecular flexibility index (Phi) is 8.00. The number of nitrogens with zero attached hydrogens (tertiary/aromatic N) is 7. The van der Waals surface area contributed by atoms with E-state index in [0.29, 0.717) is 5.39 Å². The number of halogens is 5. The Bertz CT molecular complexity index is 1860. The number of pyridine rings is 1. The molecule has 4 heterocycles. The molecule has 2 fully saturated rings. The van der Waals surface area contributed by atoms with E-state index >= 15 is 4.39 Å². The molecule has 0 radical (unpaired) electrons. The number of carbonyl (C=O) groups is 1. The van der Waals surface area contributed by atoms with Crippen LogP contribution in [0.2, 0.25) is 5.02 Å². The average Bonchev–Trinajstić information content (AvgIpc) is 3.28. The standard InChI is InChI=1S/C30H26ClF4N7O3/c1-40-15-30(34,35)11-18(40)14-45-28-38-26-20(27(39-28)41-9-10-42(29(43)44)17(13-41)7-8-36)12-37-25(24(26)33)19-4-2-3-16-5-6-21(32)23(31)22(16)19/h2-6,12,17-18H,7,9-11,13-15H2,1H3,(H,43,44)/t17-,18-/m0/s1. The number of amides is 1. The summed E-state index contributed by atoms with van der Waals surface area (Å²) in [7, 11) is 1.55. The zero-order valence-electron chi connectivity index (χ0n) is 23.9. The zero-order valence-corrected chi connectivity index (χ0v) is 24.6. The minimum absolute atomic E-state index is 0.0411. The lowest BCUT2D eigenvalue weighted by molar-refractivity contribution is 0.0136. The summed E-state index contributed by atoms with van der Waals surface area (Å²) < 4.78 is 64.8. The van der Waals surface area contributed by atoms with Gasteiger partial charge in [-0.05, 0) is 18.5 Å². The van der Waals surface area contributed by atoms with E-state index in [2.05, 4.69) is 15.0 Å². The van der Waals surface area contributed by atoms with E-state index in [1.165, 1.54) is 23.2 Å². The van der Waals surface area contributed by atoms with E-state index in [1.54, 1.807) is 30.1 Å². The van der Waals surface area contributed by atoms with Gasteiger partial charge >= 0.3 is 12.1 Å². The predicted molar refractivity (Wildman–Crippen MR) is 158 cm³/mol. The molecule has 2 aromatic heterocycles. The number of carboxylic acid groups (broad SMARTS) is 1. The van der Waals surface area contributed by atoms with Crippen molar-refractivity contribution in [3.8, 4) is 23.3 Å². The van der Waals surface area contributed by atoms with Crippen molar-refractivity contribution in [3.05, 3.63) is 53.2 Å². The van der Waals surface area contributed by atoms with Crippen molar-refractivity contribution in [2.75, 3.05) is 44.7 Å². The first-order chi connectivity index (χ1) is 21.5. The van der Waals surface area contributed by atoms with E-state index < -0.39 is 48.7 Å². The van der Waals surface area contributed by atoms with Crippen LogP contribution in [0, 0.1) is 23.0 Å². The second kappa shape index (κ2) is 11.8. The molecule has 2 aromatic carbocycles. The third-order valence-electron chi connectivity index (χ3n) is 8.23. The highest BCUT2D eigenvalue weighted by Crippen LogP contribution is 2.39. The van der Waals surface area contributed by atoms with Gasteiger partial charge in [-0.1, -0.05) is 35.9 Å². The summed E-state index contributed by atoms with van der Waals surface area (Å²) in [6, 6.07) is 8.01. The molecule has 1 amide bonds. The smallest absolute Gasteiger partial charge is 0.407 e. The van der Waals surface area contributed by atoms with Crippen LogP contribution >= 0.6 is 11.6 Å². The van der Waals surface area contributed by atoms with Gasteiger partial charge in [-0.15, -0.1) is 0 Å². The molecule has 0 spiro atoms. The van der Waals surface area contributed by atoms with Gasteiger partial charge in [0.15, 0.2) is 5.82 Å². The second-order valence-corrected chi connectivity index (χ2v) is 11.5. The Labute approximate surface area is 259 Å². The number of benzene rings is 2.